The molecule has 1 aliphatic rings. The number of rotatable bonds is 7. The zero-order chi connectivity index (χ0) is 15.0. The Bertz CT molecular complexity index is 379. The molecule has 0 spiro atoms. The van der Waals surface area contributed by atoms with Crippen molar-refractivity contribution in [3.8, 4) is 0 Å². The number of hydrogen-bond acceptors (Lipinski definition) is 3. The highest BCUT2D eigenvalue weighted by molar-refractivity contribution is 14.1. The van der Waals surface area contributed by atoms with Crippen molar-refractivity contribution in [1.29, 1.82) is 0 Å². The van der Waals surface area contributed by atoms with Gasteiger partial charge in [-0.25, -0.2) is 4.79 Å². The van der Waals surface area contributed by atoms with Crippen LogP contribution in [0.25, 0.3) is 0 Å². The van der Waals surface area contributed by atoms with Crippen molar-refractivity contribution in [2.45, 2.75) is 51.2 Å². The molecule has 0 bridgehead atoms. The molecule has 4 nitrogen and oxygen atoms in total. The zero-order valence-corrected chi connectivity index (χ0v) is 14.6. The van der Waals surface area contributed by atoms with E-state index in [-0.39, 0.29) is 12.2 Å². The van der Waals surface area contributed by atoms with E-state index in [9.17, 15) is 4.79 Å². The Labute approximate surface area is 135 Å². The van der Waals surface area contributed by atoms with Crippen LogP contribution in [0.3, 0.4) is 0 Å². The number of methoxy groups -OCH3 is 1. The highest BCUT2D eigenvalue weighted by Gasteiger charge is 2.29. The maximum Gasteiger partial charge on any atom is 0.407 e. The highest BCUT2D eigenvalue weighted by atomic mass is 127. The summed E-state index contributed by atoms with van der Waals surface area (Å²) in [7, 11) is 3.26. The molecule has 20 heavy (non-hydrogen) atoms. The summed E-state index contributed by atoms with van der Waals surface area (Å²) in [6.07, 6.45) is 8.38. The lowest BCUT2D eigenvalue weighted by atomic mass is 9.93. The van der Waals surface area contributed by atoms with Crippen molar-refractivity contribution < 1.29 is 14.3 Å². The fourth-order valence-electron chi connectivity index (χ4n) is 2.32. The maximum absolute atomic E-state index is 11.5. The fourth-order valence-corrected chi connectivity index (χ4v) is 3.15. The van der Waals surface area contributed by atoms with E-state index in [1.807, 2.05) is 0 Å². The number of nitrogens with one attached hydrogen (secondary N) is 1. The van der Waals surface area contributed by atoms with Crippen LogP contribution in [0.5, 0.6) is 0 Å². The summed E-state index contributed by atoms with van der Waals surface area (Å²) < 4.78 is 12.4. The molecule has 0 saturated carbocycles. The second-order valence-electron chi connectivity index (χ2n) is 4.81. The molecule has 2 atom stereocenters. The van der Waals surface area contributed by atoms with Crippen LogP contribution < -0.4 is 5.32 Å². The normalized spacial score (nSPS) is 17.8. The number of amides is 1. The number of halogens is 1. The van der Waals surface area contributed by atoms with Crippen molar-refractivity contribution in [3.05, 3.63) is 21.3 Å². The summed E-state index contributed by atoms with van der Waals surface area (Å²) in [5.74, 6) is 0. The van der Waals surface area contributed by atoms with Gasteiger partial charge in [0.15, 0.2) is 0 Å². The Morgan fingerprint density at radius 1 is 1.55 bits per heavy atom. The van der Waals surface area contributed by atoms with Gasteiger partial charge >= 0.3 is 6.09 Å². The minimum atomic E-state index is -0.393. The van der Waals surface area contributed by atoms with E-state index in [4.69, 9.17) is 9.47 Å². The second kappa shape index (κ2) is 9.39. The number of unbranched alkanes of at least 4 members (excludes halogenated alkanes) is 1. The van der Waals surface area contributed by atoms with Crippen molar-refractivity contribution in [1.82, 2.24) is 5.32 Å². The molecule has 0 aromatic rings. The van der Waals surface area contributed by atoms with Gasteiger partial charge in [0.05, 0.1) is 0 Å². The maximum atomic E-state index is 11.5. The molecular formula is C15H24INO3. The SMILES string of the molecule is CCCC[C@H](OC(=O)NC)[C@@H](OC)C1=C(I)C=CCC1. The number of carbonyl (C=O) groups excluding carboxylic acids is 1. The van der Waals surface area contributed by atoms with Gasteiger partial charge < -0.3 is 14.8 Å². The van der Waals surface area contributed by atoms with Crippen molar-refractivity contribution in [2.75, 3.05) is 14.2 Å². The average molecular weight is 393 g/mol. The molecule has 0 unspecified atom stereocenters. The molecule has 1 aliphatic carbocycles. The Kier molecular flexibility index (Phi) is 8.21. The molecule has 114 valence electrons. The number of allylic oxidation sites excluding steroid dienone is 3. The summed E-state index contributed by atoms with van der Waals surface area (Å²) in [5.41, 5.74) is 1.24. The first kappa shape index (κ1) is 17.5. The van der Waals surface area contributed by atoms with Gasteiger partial charge in [-0.3, -0.25) is 0 Å². The number of ether oxygens (including phenoxy) is 2. The first-order valence-electron chi connectivity index (χ1n) is 7.10. The monoisotopic (exact) mass is 393 g/mol. The van der Waals surface area contributed by atoms with Crippen molar-refractivity contribution in [3.63, 3.8) is 0 Å². The lowest BCUT2D eigenvalue weighted by Crippen LogP contribution is -2.37. The van der Waals surface area contributed by atoms with Crippen LogP contribution in [0.2, 0.25) is 0 Å². The summed E-state index contributed by atoms with van der Waals surface area (Å²) >= 11 is 2.33. The first-order chi connectivity index (χ1) is 9.63. The van der Waals surface area contributed by atoms with E-state index in [1.165, 1.54) is 9.15 Å². The van der Waals surface area contributed by atoms with Crippen LogP contribution >= 0.6 is 22.6 Å². The summed E-state index contributed by atoms with van der Waals surface area (Å²) in [6.45, 7) is 2.13. The standard InChI is InChI=1S/C15H24INO3/c1-4-5-10-13(20-15(18)17-2)14(19-3)11-8-6-7-9-12(11)16/h7,9,13-14H,4-6,8,10H2,1-3H3,(H,17,18)/t13-,14-/m0/s1. The predicted molar refractivity (Wildman–Crippen MR) is 89.1 cm³/mol. The van der Waals surface area contributed by atoms with Gasteiger partial charge in [0, 0.05) is 17.7 Å². The highest BCUT2D eigenvalue weighted by Crippen LogP contribution is 2.31. The Balaban J connectivity index is 2.88. The lowest BCUT2D eigenvalue weighted by Gasteiger charge is -2.29. The molecule has 0 fully saturated rings. The van der Waals surface area contributed by atoms with Gasteiger partial charge in [0.1, 0.15) is 12.2 Å². The van der Waals surface area contributed by atoms with Crippen LogP contribution in [0.1, 0.15) is 39.0 Å². The molecule has 1 N–H and O–H groups in total. The second-order valence-corrected chi connectivity index (χ2v) is 5.97. The predicted octanol–water partition coefficient (Wildman–Crippen LogP) is 3.96. The Morgan fingerprint density at radius 2 is 2.30 bits per heavy atom. The van der Waals surface area contributed by atoms with Gasteiger partial charge in [-0.2, -0.15) is 0 Å². The molecule has 1 rings (SSSR count). The van der Waals surface area contributed by atoms with Crippen LogP contribution in [-0.2, 0) is 9.47 Å². The topological polar surface area (TPSA) is 47.6 Å². The van der Waals surface area contributed by atoms with Crippen LogP contribution in [0, 0.1) is 0 Å². The van der Waals surface area contributed by atoms with Crippen LogP contribution in [0.15, 0.2) is 21.3 Å². The van der Waals surface area contributed by atoms with Gasteiger partial charge in [0.2, 0.25) is 0 Å². The molecular weight excluding hydrogens is 369 g/mol. The van der Waals surface area contributed by atoms with E-state index in [2.05, 4.69) is 47.0 Å². The van der Waals surface area contributed by atoms with Gasteiger partial charge in [-0.15, -0.1) is 0 Å². The van der Waals surface area contributed by atoms with Gasteiger partial charge in [0.25, 0.3) is 0 Å². The third kappa shape index (κ3) is 5.09. The smallest absolute Gasteiger partial charge is 0.407 e. The van der Waals surface area contributed by atoms with E-state index >= 15 is 0 Å². The molecule has 5 heteroatoms. The van der Waals surface area contributed by atoms with Crippen LogP contribution in [-0.4, -0.2) is 32.5 Å². The minimum Gasteiger partial charge on any atom is -0.443 e. The first-order valence-corrected chi connectivity index (χ1v) is 8.18. The molecule has 0 radical (unpaired) electrons. The van der Waals surface area contributed by atoms with Gasteiger partial charge in [-0.1, -0.05) is 25.5 Å². The lowest BCUT2D eigenvalue weighted by molar-refractivity contribution is -0.00917. The van der Waals surface area contributed by atoms with E-state index < -0.39 is 6.09 Å². The number of carbonyl (C=O) groups is 1. The number of alkyl carbamates (subject to hydrolysis) is 1. The Hall–Kier alpha value is -0.560. The van der Waals surface area contributed by atoms with Gasteiger partial charge in [-0.05, 0) is 53.8 Å². The number of hydrogen-bond donors (Lipinski definition) is 1. The molecule has 0 aromatic carbocycles. The van der Waals surface area contributed by atoms with Crippen molar-refractivity contribution >= 4 is 28.7 Å². The molecule has 0 aromatic heterocycles. The summed E-state index contributed by atoms with van der Waals surface area (Å²) in [4.78, 5) is 11.5. The minimum absolute atomic E-state index is 0.157. The van der Waals surface area contributed by atoms with Crippen molar-refractivity contribution in [2.24, 2.45) is 0 Å². The van der Waals surface area contributed by atoms with E-state index in [1.54, 1.807) is 14.2 Å². The molecule has 0 aliphatic heterocycles. The molecule has 0 saturated heterocycles. The Morgan fingerprint density at radius 3 is 2.85 bits per heavy atom. The van der Waals surface area contributed by atoms with Crippen LogP contribution in [0.4, 0.5) is 4.79 Å². The molecule has 1 amide bonds. The average Bonchev–Trinajstić information content (AvgIpc) is 2.46. The van der Waals surface area contributed by atoms with E-state index in [0.717, 1.165) is 32.1 Å². The molecule has 0 heterocycles. The largest absolute Gasteiger partial charge is 0.443 e. The zero-order valence-electron chi connectivity index (χ0n) is 12.4. The van der Waals surface area contributed by atoms with E-state index in [0.29, 0.717) is 0 Å². The summed E-state index contributed by atoms with van der Waals surface area (Å²) in [6, 6.07) is 0. The third-order valence-electron chi connectivity index (χ3n) is 3.39. The fraction of sp³-hybridized carbons (Fsp3) is 0.667. The third-order valence-corrected chi connectivity index (χ3v) is 4.44. The quantitative estimate of drug-likeness (QED) is 0.667. The summed E-state index contributed by atoms with van der Waals surface area (Å²) in [5, 5.41) is 2.52.